The SMILES string of the molecule is COC(=O)C(N)C1C[C@@H](C)O[C@@H](C)C1.Cl. The fraction of sp³-hybridized carbons (Fsp3) is 0.900. The van der Waals surface area contributed by atoms with Gasteiger partial charge in [0.1, 0.15) is 6.04 Å². The van der Waals surface area contributed by atoms with E-state index in [1.165, 1.54) is 7.11 Å². The quantitative estimate of drug-likeness (QED) is 0.731. The van der Waals surface area contributed by atoms with Gasteiger partial charge in [0.25, 0.3) is 0 Å². The molecular formula is C10H20ClNO3. The van der Waals surface area contributed by atoms with Gasteiger partial charge in [-0.15, -0.1) is 12.4 Å². The van der Waals surface area contributed by atoms with Gasteiger partial charge in [-0.3, -0.25) is 4.79 Å². The molecule has 90 valence electrons. The fourth-order valence-corrected chi connectivity index (χ4v) is 2.08. The molecule has 1 saturated heterocycles. The highest BCUT2D eigenvalue weighted by atomic mass is 35.5. The van der Waals surface area contributed by atoms with Crippen molar-refractivity contribution >= 4 is 18.4 Å². The third-order valence-corrected chi connectivity index (χ3v) is 2.72. The first-order chi connectivity index (χ1) is 6.54. The zero-order valence-corrected chi connectivity index (χ0v) is 10.3. The first-order valence-electron chi connectivity index (χ1n) is 5.03. The second kappa shape index (κ2) is 6.30. The van der Waals surface area contributed by atoms with E-state index in [1.807, 2.05) is 13.8 Å². The Morgan fingerprint density at radius 1 is 1.40 bits per heavy atom. The van der Waals surface area contributed by atoms with Gasteiger partial charge in [-0.05, 0) is 32.6 Å². The molecule has 1 rings (SSSR count). The van der Waals surface area contributed by atoms with Crippen LogP contribution in [0.25, 0.3) is 0 Å². The van der Waals surface area contributed by atoms with E-state index in [9.17, 15) is 4.79 Å². The van der Waals surface area contributed by atoms with Gasteiger partial charge in [0.05, 0.1) is 19.3 Å². The Balaban J connectivity index is 0.00000196. The number of hydrogen-bond acceptors (Lipinski definition) is 4. The van der Waals surface area contributed by atoms with E-state index in [0.29, 0.717) is 0 Å². The Bertz CT molecular complexity index is 203. The average molecular weight is 238 g/mol. The minimum atomic E-state index is -0.506. The Morgan fingerprint density at radius 3 is 2.27 bits per heavy atom. The number of hydrogen-bond donors (Lipinski definition) is 1. The van der Waals surface area contributed by atoms with Crippen molar-refractivity contribution in [1.29, 1.82) is 0 Å². The largest absolute Gasteiger partial charge is 0.468 e. The van der Waals surface area contributed by atoms with E-state index in [2.05, 4.69) is 4.74 Å². The second-order valence-corrected chi connectivity index (χ2v) is 4.04. The number of esters is 1. The summed E-state index contributed by atoms with van der Waals surface area (Å²) < 4.78 is 10.2. The van der Waals surface area contributed by atoms with Crippen LogP contribution in [0.3, 0.4) is 0 Å². The number of methoxy groups -OCH3 is 1. The summed E-state index contributed by atoms with van der Waals surface area (Å²) in [7, 11) is 1.37. The maximum atomic E-state index is 11.2. The lowest BCUT2D eigenvalue weighted by molar-refractivity contribution is -0.145. The normalized spacial score (nSPS) is 32.7. The van der Waals surface area contributed by atoms with Gasteiger partial charge >= 0.3 is 5.97 Å². The third kappa shape index (κ3) is 3.97. The molecule has 0 saturated carbocycles. The standard InChI is InChI=1S/C10H19NO3.ClH/c1-6-4-8(5-7(2)14-6)9(11)10(12)13-3;/h6-9H,4-5,11H2,1-3H3;1H/t6-,7+,8?,9?;. The molecule has 0 bridgehead atoms. The molecule has 0 spiro atoms. The van der Waals surface area contributed by atoms with Gasteiger partial charge in [0.2, 0.25) is 0 Å². The Kier molecular flexibility index (Phi) is 6.17. The topological polar surface area (TPSA) is 61.5 Å². The molecule has 0 aromatic rings. The number of carbonyl (C=O) groups is 1. The predicted molar refractivity (Wildman–Crippen MR) is 60.0 cm³/mol. The molecule has 1 fully saturated rings. The molecule has 0 aromatic heterocycles. The number of rotatable bonds is 2. The maximum absolute atomic E-state index is 11.2. The van der Waals surface area contributed by atoms with E-state index in [4.69, 9.17) is 10.5 Å². The van der Waals surface area contributed by atoms with Gasteiger partial charge < -0.3 is 15.2 Å². The highest BCUT2D eigenvalue weighted by Crippen LogP contribution is 2.26. The summed E-state index contributed by atoms with van der Waals surface area (Å²) in [6.45, 7) is 4.01. The molecule has 5 heteroatoms. The van der Waals surface area contributed by atoms with Gasteiger partial charge in [-0.2, -0.15) is 0 Å². The number of halogens is 1. The van der Waals surface area contributed by atoms with Crippen LogP contribution in [0.15, 0.2) is 0 Å². The molecule has 2 N–H and O–H groups in total. The Labute approximate surface area is 96.9 Å². The fourth-order valence-electron chi connectivity index (χ4n) is 2.08. The van der Waals surface area contributed by atoms with Crippen LogP contribution in [0, 0.1) is 5.92 Å². The predicted octanol–water partition coefficient (Wildman–Crippen LogP) is 1.11. The van der Waals surface area contributed by atoms with E-state index in [-0.39, 0.29) is 36.5 Å². The van der Waals surface area contributed by atoms with Gasteiger partial charge in [-0.25, -0.2) is 0 Å². The van der Waals surface area contributed by atoms with E-state index >= 15 is 0 Å². The van der Waals surface area contributed by atoms with Crippen LogP contribution in [-0.4, -0.2) is 31.3 Å². The first kappa shape index (κ1) is 14.7. The maximum Gasteiger partial charge on any atom is 0.322 e. The van der Waals surface area contributed by atoms with Crippen molar-refractivity contribution in [2.24, 2.45) is 11.7 Å². The van der Waals surface area contributed by atoms with Crippen molar-refractivity contribution in [2.75, 3.05) is 7.11 Å². The summed E-state index contributed by atoms with van der Waals surface area (Å²) in [6, 6.07) is -0.506. The number of ether oxygens (including phenoxy) is 2. The van der Waals surface area contributed by atoms with E-state index in [0.717, 1.165) is 12.8 Å². The van der Waals surface area contributed by atoms with Crippen LogP contribution in [0.2, 0.25) is 0 Å². The zero-order chi connectivity index (χ0) is 10.7. The zero-order valence-electron chi connectivity index (χ0n) is 9.43. The summed E-state index contributed by atoms with van der Waals surface area (Å²) in [5.41, 5.74) is 5.80. The summed E-state index contributed by atoms with van der Waals surface area (Å²) >= 11 is 0. The highest BCUT2D eigenvalue weighted by molar-refractivity contribution is 5.85. The molecule has 1 aliphatic rings. The van der Waals surface area contributed by atoms with Crippen LogP contribution >= 0.6 is 12.4 Å². The monoisotopic (exact) mass is 237 g/mol. The van der Waals surface area contributed by atoms with Gasteiger partial charge in [0.15, 0.2) is 0 Å². The third-order valence-electron chi connectivity index (χ3n) is 2.72. The van der Waals surface area contributed by atoms with Gasteiger partial charge in [-0.1, -0.05) is 0 Å². The minimum absolute atomic E-state index is 0. The average Bonchev–Trinajstić information content (AvgIpc) is 2.14. The lowest BCUT2D eigenvalue weighted by Crippen LogP contribution is -2.44. The van der Waals surface area contributed by atoms with Crippen molar-refractivity contribution in [3.05, 3.63) is 0 Å². The van der Waals surface area contributed by atoms with Crippen molar-refractivity contribution in [3.63, 3.8) is 0 Å². The Morgan fingerprint density at radius 2 is 1.87 bits per heavy atom. The van der Waals surface area contributed by atoms with Crippen molar-refractivity contribution in [1.82, 2.24) is 0 Å². The van der Waals surface area contributed by atoms with Crippen LogP contribution in [0.1, 0.15) is 26.7 Å². The summed E-state index contributed by atoms with van der Waals surface area (Å²) in [4.78, 5) is 11.2. The molecule has 4 atom stereocenters. The molecule has 1 heterocycles. The van der Waals surface area contributed by atoms with Gasteiger partial charge in [0, 0.05) is 0 Å². The summed E-state index contributed by atoms with van der Waals surface area (Å²) in [5.74, 6) is -0.141. The minimum Gasteiger partial charge on any atom is -0.468 e. The second-order valence-electron chi connectivity index (χ2n) is 4.04. The number of nitrogens with two attached hydrogens (primary N) is 1. The molecule has 0 aromatic carbocycles. The first-order valence-corrected chi connectivity index (χ1v) is 5.03. The number of carbonyl (C=O) groups excluding carboxylic acids is 1. The molecule has 15 heavy (non-hydrogen) atoms. The highest BCUT2D eigenvalue weighted by Gasteiger charge is 2.32. The lowest BCUT2D eigenvalue weighted by Gasteiger charge is -2.34. The molecular weight excluding hydrogens is 218 g/mol. The van der Waals surface area contributed by atoms with Crippen molar-refractivity contribution in [2.45, 2.75) is 44.9 Å². The smallest absolute Gasteiger partial charge is 0.322 e. The molecule has 1 aliphatic heterocycles. The van der Waals surface area contributed by atoms with E-state index in [1.54, 1.807) is 0 Å². The van der Waals surface area contributed by atoms with Crippen LogP contribution < -0.4 is 5.73 Å². The summed E-state index contributed by atoms with van der Waals surface area (Å²) in [5, 5.41) is 0. The molecule has 2 unspecified atom stereocenters. The molecule has 4 nitrogen and oxygen atoms in total. The van der Waals surface area contributed by atoms with Crippen molar-refractivity contribution < 1.29 is 14.3 Å². The molecule has 0 aliphatic carbocycles. The lowest BCUT2D eigenvalue weighted by atomic mass is 9.87. The van der Waals surface area contributed by atoms with Crippen molar-refractivity contribution in [3.8, 4) is 0 Å². The Hall–Kier alpha value is -0.320. The van der Waals surface area contributed by atoms with E-state index < -0.39 is 6.04 Å². The van der Waals surface area contributed by atoms with Crippen LogP contribution in [-0.2, 0) is 14.3 Å². The molecule has 0 radical (unpaired) electrons. The summed E-state index contributed by atoms with van der Waals surface area (Å²) in [6.07, 6.45) is 2.03. The van der Waals surface area contributed by atoms with Crippen LogP contribution in [0.5, 0.6) is 0 Å². The van der Waals surface area contributed by atoms with Crippen LogP contribution in [0.4, 0.5) is 0 Å². The molecule has 0 amide bonds.